The Morgan fingerprint density at radius 3 is 2.23 bits per heavy atom. The Bertz CT molecular complexity index is 735. The van der Waals surface area contributed by atoms with E-state index in [1.807, 2.05) is 13.0 Å². The second-order valence-corrected chi connectivity index (χ2v) is 9.33. The standard InChI is InChI=1S/C24H40O11/c1-13(8-14(2)9-15(3)10-19(27)28)6-4-5-7-17(26)16(11-25)23(32)34-12-18-20(29)21(30)22(31)24(33)35-18/h9-10,13,16-18,20-22,24-26,29-31,33H,4-8,11-12H2,1-3H3,(H,27,28)/b14-9+,15-10+/t13-,16+,17-,18+,20-,21-,22-,24+/m0/s1. The second kappa shape index (κ2) is 15.3. The Morgan fingerprint density at radius 1 is 1.00 bits per heavy atom. The molecule has 0 spiro atoms. The zero-order chi connectivity index (χ0) is 26.7. The summed E-state index contributed by atoms with van der Waals surface area (Å²) in [6, 6.07) is 0. The summed E-state index contributed by atoms with van der Waals surface area (Å²) in [7, 11) is 0. The molecule has 35 heavy (non-hydrogen) atoms. The molecule has 0 aromatic heterocycles. The van der Waals surface area contributed by atoms with E-state index in [0.717, 1.165) is 30.9 Å². The quantitative estimate of drug-likeness (QED) is 0.0720. The minimum atomic E-state index is -1.76. The van der Waals surface area contributed by atoms with Crippen molar-refractivity contribution in [3.8, 4) is 0 Å². The fraction of sp³-hybridized carbons (Fsp3) is 0.750. The van der Waals surface area contributed by atoms with Crippen LogP contribution in [0.4, 0.5) is 0 Å². The summed E-state index contributed by atoms with van der Waals surface area (Å²) in [5.41, 5.74) is 1.74. The van der Waals surface area contributed by atoms with Gasteiger partial charge in [0, 0.05) is 6.08 Å². The minimum Gasteiger partial charge on any atom is -0.478 e. The van der Waals surface area contributed by atoms with Crippen molar-refractivity contribution in [1.29, 1.82) is 0 Å². The summed E-state index contributed by atoms with van der Waals surface area (Å²) in [5, 5.41) is 67.3. The number of ether oxygens (including phenoxy) is 2. The molecule has 0 saturated carbocycles. The molecule has 1 fully saturated rings. The first kappa shape index (κ1) is 31.2. The molecule has 11 nitrogen and oxygen atoms in total. The minimum absolute atomic E-state index is 0.258. The molecule has 11 heteroatoms. The molecule has 1 aliphatic rings. The number of unbranched alkanes of at least 4 members (excludes halogenated alkanes) is 1. The lowest BCUT2D eigenvalue weighted by Crippen LogP contribution is -2.58. The summed E-state index contributed by atoms with van der Waals surface area (Å²) < 4.78 is 9.94. The molecule has 0 amide bonds. The SMILES string of the molecule is CC(=C\C(=O)O)/C=C(\C)C[C@@H](C)CCCC[C@H](O)[C@@H](CO)C(=O)OC[C@H]1O[C@@H](O)[C@@H](O)[C@@H](O)[C@H]1O. The highest BCUT2D eigenvalue weighted by Crippen LogP contribution is 2.22. The van der Waals surface area contributed by atoms with Gasteiger partial charge in [0.25, 0.3) is 0 Å². The average Bonchev–Trinajstić information content (AvgIpc) is 2.76. The number of rotatable bonds is 14. The van der Waals surface area contributed by atoms with E-state index >= 15 is 0 Å². The summed E-state index contributed by atoms with van der Waals surface area (Å²) in [6.45, 7) is 4.55. The van der Waals surface area contributed by atoms with Crippen LogP contribution in [0.25, 0.3) is 0 Å². The van der Waals surface area contributed by atoms with E-state index in [9.17, 15) is 40.2 Å². The summed E-state index contributed by atoms with van der Waals surface area (Å²) >= 11 is 0. The average molecular weight is 505 g/mol. The molecule has 1 heterocycles. The zero-order valence-electron chi connectivity index (χ0n) is 20.5. The molecule has 1 rings (SSSR count). The highest BCUT2D eigenvalue weighted by atomic mass is 16.6. The number of carbonyl (C=O) groups is 2. The fourth-order valence-corrected chi connectivity index (χ4v) is 4.08. The Hall–Kier alpha value is -1.86. The smallest absolute Gasteiger partial charge is 0.328 e. The number of carboxylic acids is 1. The van der Waals surface area contributed by atoms with Gasteiger partial charge in [-0.25, -0.2) is 4.79 Å². The van der Waals surface area contributed by atoms with Crippen LogP contribution in [-0.2, 0) is 19.1 Å². The van der Waals surface area contributed by atoms with Gasteiger partial charge in [0.05, 0.1) is 12.7 Å². The molecule has 1 saturated heterocycles. The van der Waals surface area contributed by atoms with Gasteiger partial charge in [0.2, 0.25) is 0 Å². The van der Waals surface area contributed by atoms with Gasteiger partial charge in [-0.2, -0.15) is 0 Å². The Morgan fingerprint density at radius 2 is 1.63 bits per heavy atom. The van der Waals surface area contributed by atoms with Crippen molar-refractivity contribution < 1.29 is 54.8 Å². The van der Waals surface area contributed by atoms with Crippen LogP contribution in [0.1, 0.15) is 52.9 Å². The van der Waals surface area contributed by atoms with Crippen molar-refractivity contribution >= 4 is 11.9 Å². The molecule has 202 valence electrons. The predicted octanol–water partition coefficient (Wildman–Crippen LogP) is -0.137. The Kier molecular flexibility index (Phi) is 13.6. The van der Waals surface area contributed by atoms with Gasteiger partial charge in [-0.3, -0.25) is 4.79 Å². The van der Waals surface area contributed by atoms with E-state index < -0.39 is 67.9 Å². The number of aliphatic hydroxyl groups is 6. The summed E-state index contributed by atoms with van der Waals surface area (Å²) in [4.78, 5) is 23.0. The molecule has 0 radical (unpaired) electrons. The molecule has 0 unspecified atom stereocenters. The number of allylic oxidation sites excluding steroid dienone is 3. The van der Waals surface area contributed by atoms with Gasteiger partial charge in [-0.05, 0) is 38.2 Å². The topological polar surface area (TPSA) is 194 Å². The van der Waals surface area contributed by atoms with Crippen molar-refractivity contribution in [3.05, 3.63) is 23.3 Å². The Labute approximate surface area is 205 Å². The number of carboxylic acid groups (broad SMARTS) is 1. The number of aliphatic hydroxyl groups excluding tert-OH is 6. The number of hydrogen-bond donors (Lipinski definition) is 7. The van der Waals surface area contributed by atoms with Crippen molar-refractivity contribution in [2.75, 3.05) is 13.2 Å². The number of esters is 1. The van der Waals surface area contributed by atoms with E-state index in [4.69, 9.17) is 14.6 Å². The zero-order valence-corrected chi connectivity index (χ0v) is 20.5. The van der Waals surface area contributed by atoms with Gasteiger partial charge in [0.1, 0.15) is 36.9 Å². The van der Waals surface area contributed by atoms with Crippen LogP contribution in [0.3, 0.4) is 0 Å². The van der Waals surface area contributed by atoms with Crippen LogP contribution in [0, 0.1) is 11.8 Å². The highest BCUT2D eigenvalue weighted by Gasteiger charge is 2.43. The van der Waals surface area contributed by atoms with Gasteiger partial charge in [0.15, 0.2) is 6.29 Å². The fourth-order valence-electron chi connectivity index (χ4n) is 4.08. The van der Waals surface area contributed by atoms with Crippen molar-refractivity contribution in [2.45, 2.75) is 89.7 Å². The van der Waals surface area contributed by atoms with Crippen LogP contribution in [0.15, 0.2) is 23.3 Å². The summed E-state index contributed by atoms with van der Waals surface area (Å²) in [6.07, 6.45) is -2.89. The summed E-state index contributed by atoms with van der Waals surface area (Å²) in [5.74, 6) is -2.76. The lowest BCUT2D eigenvalue weighted by atomic mass is 9.93. The van der Waals surface area contributed by atoms with Crippen LogP contribution < -0.4 is 0 Å². The maximum Gasteiger partial charge on any atom is 0.328 e. The van der Waals surface area contributed by atoms with Crippen molar-refractivity contribution in [2.24, 2.45) is 11.8 Å². The maximum absolute atomic E-state index is 12.3. The highest BCUT2D eigenvalue weighted by molar-refractivity contribution is 5.81. The molecule has 8 atom stereocenters. The van der Waals surface area contributed by atoms with Gasteiger partial charge >= 0.3 is 11.9 Å². The third-order valence-electron chi connectivity index (χ3n) is 5.98. The van der Waals surface area contributed by atoms with Gasteiger partial charge in [-0.1, -0.05) is 37.8 Å². The van der Waals surface area contributed by atoms with E-state index in [1.54, 1.807) is 6.92 Å². The van der Waals surface area contributed by atoms with E-state index in [1.165, 1.54) is 0 Å². The van der Waals surface area contributed by atoms with Crippen LogP contribution in [0.2, 0.25) is 0 Å². The van der Waals surface area contributed by atoms with E-state index in [-0.39, 0.29) is 6.42 Å². The molecule has 0 aromatic carbocycles. The van der Waals surface area contributed by atoms with Crippen LogP contribution >= 0.6 is 0 Å². The van der Waals surface area contributed by atoms with Gasteiger partial charge in [-0.15, -0.1) is 0 Å². The van der Waals surface area contributed by atoms with E-state index in [2.05, 4.69) is 6.92 Å². The van der Waals surface area contributed by atoms with E-state index in [0.29, 0.717) is 17.9 Å². The molecule has 1 aliphatic heterocycles. The molecule has 7 N–H and O–H groups in total. The normalized spacial score (nSPS) is 28.3. The molecule has 0 aromatic rings. The van der Waals surface area contributed by atoms with Crippen molar-refractivity contribution in [3.63, 3.8) is 0 Å². The molecule has 0 bridgehead atoms. The van der Waals surface area contributed by atoms with Crippen molar-refractivity contribution in [1.82, 2.24) is 0 Å². The number of carbonyl (C=O) groups excluding carboxylic acids is 1. The molecular weight excluding hydrogens is 464 g/mol. The first-order chi connectivity index (χ1) is 16.4. The number of aliphatic carboxylic acids is 1. The predicted molar refractivity (Wildman–Crippen MR) is 124 cm³/mol. The molecule has 0 aliphatic carbocycles. The van der Waals surface area contributed by atoms with Crippen LogP contribution in [0.5, 0.6) is 0 Å². The largest absolute Gasteiger partial charge is 0.478 e. The third-order valence-corrected chi connectivity index (χ3v) is 5.98. The van der Waals surface area contributed by atoms with Gasteiger partial charge < -0.3 is 45.2 Å². The first-order valence-electron chi connectivity index (χ1n) is 11.8. The van der Waals surface area contributed by atoms with Crippen LogP contribution in [-0.4, -0.2) is 97.7 Å². The lowest BCUT2D eigenvalue weighted by Gasteiger charge is -2.38. The monoisotopic (exact) mass is 504 g/mol. The number of hydrogen-bond acceptors (Lipinski definition) is 10. The Balaban J connectivity index is 2.42. The third kappa shape index (κ3) is 10.7. The molecular formula is C24H40O11. The second-order valence-electron chi connectivity index (χ2n) is 9.33. The first-order valence-corrected chi connectivity index (χ1v) is 11.8. The lowest BCUT2D eigenvalue weighted by molar-refractivity contribution is -0.287. The maximum atomic E-state index is 12.3.